The van der Waals surface area contributed by atoms with Crippen molar-refractivity contribution in [1.82, 2.24) is 4.57 Å². The van der Waals surface area contributed by atoms with Crippen LogP contribution in [0.4, 0.5) is 10.1 Å². The molecule has 4 rings (SSSR count). The van der Waals surface area contributed by atoms with Gasteiger partial charge in [-0.15, -0.1) is 0 Å². The summed E-state index contributed by atoms with van der Waals surface area (Å²) in [6.07, 6.45) is -1.03. The van der Waals surface area contributed by atoms with Crippen LogP contribution in [-0.4, -0.2) is 24.4 Å². The number of hydrogen-bond donors (Lipinski definition) is 1. The highest BCUT2D eigenvalue weighted by Crippen LogP contribution is 2.33. The van der Waals surface area contributed by atoms with Gasteiger partial charge in [-0.1, -0.05) is 31.9 Å². The molecule has 0 aliphatic rings. The number of alkyl halides is 1. The van der Waals surface area contributed by atoms with Crippen molar-refractivity contribution >= 4 is 59.4 Å². The van der Waals surface area contributed by atoms with Gasteiger partial charge < -0.3 is 14.6 Å². The topological polar surface area (TPSA) is 26.2 Å². The molecule has 1 aromatic heterocycles. The van der Waals surface area contributed by atoms with E-state index in [4.69, 9.17) is 4.74 Å². The van der Waals surface area contributed by atoms with Crippen LogP contribution in [0.25, 0.3) is 21.8 Å². The minimum atomic E-state index is -1.03. The Kier molecular flexibility index (Phi) is 5.60. The Labute approximate surface area is 179 Å². The molecule has 0 spiro atoms. The summed E-state index contributed by atoms with van der Waals surface area (Å²) in [4.78, 5) is 0. The third-order valence-corrected chi connectivity index (χ3v) is 5.77. The number of nitrogens with zero attached hydrogens (tertiary/aromatic N) is 1. The predicted molar refractivity (Wildman–Crippen MR) is 121 cm³/mol. The van der Waals surface area contributed by atoms with Gasteiger partial charge in [0, 0.05) is 43.0 Å². The number of methoxy groups -OCH3 is 1. The lowest BCUT2D eigenvalue weighted by Gasteiger charge is -2.14. The van der Waals surface area contributed by atoms with Gasteiger partial charge in [-0.3, -0.25) is 0 Å². The molecule has 1 heterocycles. The zero-order chi connectivity index (χ0) is 19.7. The van der Waals surface area contributed by atoms with Crippen molar-refractivity contribution in [2.75, 3.05) is 19.0 Å². The van der Waals surface area contributed by atoms with Crippen molar-refractivity contribution in [3.05, 3.63) is 69.6 Å². The van der Waals surface area contributed by atoms with Crippen LogP contribution >= 0.6 is 31.9 Å². The molecule has 0 aliphatic heterocycles. The van der Waals surface area contributed by atoms with Crippen molar-refractivity contribution in [2.45, 2.75) is 12.7 Å². The number of nitrogens with one attached hydrogen (secondary N) is 1. The normalized spacial score (nSPS) is 12.4. The van der Waals surface area contributed by atoms with E-state index in [2.05, 4.69) is 53.9 Å². The second-order valence-electron chi connectivity index (χ2n) is 6.64. The zero-order valence-corrected chi connectivity index (χ0v) is 18.4. The Balaban J connectivity index is 1.59. The van der Waals surface area contributed by atoms with E-state index in [1.165, 1.54) is 0 Å². The van der Waals surface area contributed by atoms with Gasteiger partial charge in [-0.25, -0.2) is 4.39 Å². The SMILES string of the molecule is COc1ccc(NCC(F)Cn2c3ccc(Br)cc3c3cc(Br)ccc32)cc1. The van der Waals surface area contributed by atoms with Crippen LogP contribution in [0.5, 0.6) is 5.75 Å². The highest BCUT2D eigenvalue weighted by atomic mass is 79.9. The quantitative estimate of drug-likeness (QED) is 0.312. The standard InChI is InChI=1S/C22H19Br2FN2O/c1-28-18-6-4-17(5-7-18)26-12-16(25)13-27-21-8-2-14(23)10-19(21)20-11-15(24)3-9-22(20)27/h2-11,16,26H,12-13H2,1H3. The van der Waals surface area contributed by atoms with Crippen LogP contribution in [0.15, 0.2) is 69.6 Å². The monoisotopic (exact) mass is 504 g/mol. The number of anilines is 1. The molecule has 6 heteroatoms. The Hall–Kier alpha value is -2.05. The lowest BCUT2D eigenvalue weighted by Crippen LogP contribution is -2.21. The molecule has 1 atom stereocenters. The number of aromatic nitrogens is 1. The van der Waals surface area contributed by atoms with Gasteiger partial charge in [0.15, 0.2) is 0 Å². The van der Waals surface area contributed by atoms with E-state index in [0.29, 0.717) is 0 Å². The summed E-state index contributed by atoms with van der Waals surface area (Å²) in [7, 11) is 1.63. The molecule has 0 radical (unpaired) electrons. The molecular formula is C22H19Br2FN2O. The number of benzene rings is 3. The van der Waals surface area contributed by atoms with E-state index in [9.17, 15) is 4.39 Å². The lowest BCUT2D eigenvalue weighted by atomic mass is 10.2. The summed E-state index contributed by atoms with van der Waals surface area (Å²) in [5.41, 5.74) is 2.94. The van der Waals surface area contributed by atoms with Crippen molar-refractivity contribution < 1.29 is 9.13 Å². The molecule has 0 saturated heterocycles. The molecule has 0 aliphatic carbocycles. The second kappa shape index (κ2) is 8.13. The van der Waals surface area contributed by atoms with Crippen LogP contribution in [0, 0.1) is 0 Å². The maximum Gasteiger partial charge on any atom is 0.135 e. The smallest absolute Gasteiger partial charge is 0.135 e. The van der Waals surface area contributed by atoms with Gasteiger partial charge in [0.25, 0.3) is 0 Å². The van der Waals surface area contributed by atoms with Crippen LogP contribution in [0.2, 0.25) is 0 Å². The fraction of sp³-hybridized carbons (Fsp3) is 0.182. The molecule has 0 fully saturated rings. The van der Waals surface area contributed by atoms with Crippen LogP contribution in [0.3, 0.4) is 0 Å². The van der Waals surface area contributed by atoms with E-state index in [1.54, 1.807) is 7.11 Å². The minimum Gasteiger partial charge on any atom is -0.497 e. The molecular weight excluding hydrogens is 487 g/mol. The van der Waals surface area contributed by atoms with Gasteiger partial charge in [-0.05, 0) is 60.7 Å². The van der Waals surface area contributed by atoms with E-state index in [-0.39, 0.29) is 13.1 Å². The first-order valence-corrected chi connectivity index (χ1v) is 10.5. The van der Waals surface area contributed by atoms with Gasteiger partial charge in [0.05, 0.1) is 13.7 Å². The Morgan fingerprint density at radius 2 is 1.50 bits per heavy atom. The average molecular weight is 506 g/mol. The second-order valence-corrected chi connectivity index (χ2v) is 8.47. The molecule has 1 unspecified atom stereocenters. The summed E-state index contributed by atoms with van der Waals surface area (Å²) >= 11 is 7.09. The highest BCUT2D eigenvalue weighted by Gasteiger charge is 2.15. The molecule has 144 valence electrons. The first kappa shape index (κ1) is 19.3. The summed E-state index contributed by atoms with van der Waals surface area (Å²) in [6.45, 7) is 0.521. The van der Waals surface area contributed by atoms with Crippen molar-refractivity contribution in [2.24, 2.45) is 0 Å². The number of rotatable bonds is 6. The van der Waals surface area contributed by atoms with Gasteiger partial charge >= 0.3 is 0 Å². The molecule has 3 nitrogen and oxygen atoms in total. The van der Waals surface area contributed by atoms with Gasteiger partial charge in [0.1, 0.15) is 11.9 Å². The van der Waals surface area contributed by atoms with Crippen molar-refractivity contribution in [3.63, 3.8) is 0 Å². The van der Waals surface area contributed by atoms with Crippen LogP contribution in [0.1, 0.15) is 0 Å². The molecule has 0 saturated carbocycles. The van der Waals surface area contributed by atoms with Gasteiger partial charge in [-0.2, -0.15) is 0 Å². The third kappa shape index (κ3) is 3.89. The predicted octanol–water partition coefficient (Wildman–Crippen LogP) is 6.78. The zero-order valence-electron chi connectivity index (χ0n) is 15.3. The fourth-order valence-corrected chi connectivity index (χ4v) is 4.17. The third-order valence-electron chi connectivity index (χ3n) is 4.79. The molecule has 0 bridgehead atoms. The first-order valence-electron chi connectivity index (χ1n) is 8.94. The van der Waals surface area contributed by atoms with E-state index in [0.717, 1.165) is 42.2 Å². The Bertz CT molecular complexity index is 1070. The molecule has 28 heavy (non-hydrogen) atoms. The average Bonchev–Trinajstić information content (AvgIpc) is 2.99. The van der Waals surface area contributed by atoms with E-state index in [1.807, 2.05) is 48.5 Å². The summed E-state index contributed by atoms with van der Waals surface area (Å²) in [6, 6.07) is 19.7. The number of fused-ring (bicyclic) bond motifs is 3. The van der Waals surface area contributed by atoms with E-state index >= 15 is 0 Å². The summed E-state index contributed by atoms with van der Waals surface area (Å²) in [5.74, 6) is 0.782. The summed E-state index contributed by atoms with van der Waals surface area (Å²) < 4.78 is 24.1. The molecule has 0 amide bonds. The number of ether oxygens (including phenoxy) is 1. The maximum absolute atomic E-state index is 14.9. The summed E-state index contributed by atoms with van der Waals surface area (Å²) in [5, 5.41) is 5.39. The fourth-order valence-electron chi connectivity index (χ4n) is 3.45. The first-order chi connectivity index (χ1) is 13.5. The maximum atomic E-state index is 14.9. The van der Waals surface area contributed by atoms with Gasteiger partial charge in [0.2, 0.25) is 0 Å². The lowest BCUT2D eigenvalue weighted by molar-refractivity contribution is 0.316. The largest absolute Gasteiger partial charge is 0.497 e. The number of halogens is 3. The van der Waals surface area contributed by atoms with Crippen molar-refractivity contribution in [1.29, 1.82) is 0 Å². The Morgan fingerprint density at radius 3 is 2.04 bits per heavy atom. The van der Waals surface area contributed by atoms with Crippen LogP contribution in [-0.2, 0) is 6.54 Å². The van der Waals surface area contributed by atoms with Crippen LogP contribution < -0.4 is 10.1 Å². The minimum absolute atomic E-state index is 0.237. The molecule has 4 aromatic rings. The number of hydrogen-bond acceptors (Lipinski definition) is 2. The molecule has 3 aromatic carbocycles. The Morgan fingerprint density at radius 1 is 0.929 bits per heavy atom. The van der Waals surface area contributed by atoms with E-state index < -0.39 is 6.17 Å². The molecule has 1 N–H and O–H groups in total. The van der Waals surface area contributed by atoms with Crippen molar-refractivity contribution in [3.8, 4) is 5.75 Å². The highest BCUT2D eigenvalue weighted by molar-refractivity contribution is 9.10.